The third kappa shape index (κ3) is 2.46. The molecule has 1 aliphatic rings. The first-order valence-corrected chi connectivity index (χ1v) is 6.51. The molecule has 0 spiro atoms. The fraction of sp³-hybridized carbons (Fsp3) is 0.600. The monoisotopic (exact) mass is 217 g/mol. The standard InChI is InChI=1S/C15H23N/c1-11(2)15(10-16)9-12-6-7-13-4-3-5-14(13)8-12/h6-8,11,15H,3-5,9-10,16H2,1-2H3. The highest BCUT2D eigenvalue weighted by molar-refractivity contribution is 5.35. The zero-order valence-corrected chi connectivity index (χ0v) is 10.5. The maximum atomic E-state index is 5.83. The molecule has 0 bridgehead atoms. The van der Waals surface area contributed by atoms with Gasteiger partial charge in [-0.15, -0.1) is 0 Å². The second-order valence-electron chi connectivity index (χ2n) is 5.40. The van der Waals surface area contributed by atoms with Crippen molar-refractivity contribution in [2.45, 2.75) is 39.5 Å². The van der Waals surface area contributed by atoms with Crippen LogP contribution in [0.2, 0.25) is 0 Å². The molecule has 0 amide bonds. The van der Waals surface area contributed by atoms with E-state index in [1.807, 2.05) is 0 Å². The normalized spacial score (nSPS) is 16.5. The van der Waals surface area contributed by atoms with Crippen molar-refractivity contribution in [2.75, 3.05) is 6.54 Å². The van der Waals surface area contributed by atoms with Crippen LogP contribution in [-0.2, 0) is 19.3 Å². The lowest BCUT2D eigenvalue weighted by Gasteiger charge is -2.19. The Morgan fingerprint density at radius 3 is 2.62 bits per heavy atom. The van der Waals surface area contributed by atoms with Gasteiger partial charge < -0.3 is 5.73 Å². The quantitative estimate of drug-likeness (QED) is 0.824. The average Bonchev–Trinajstić information content (AvgIpc) is 2.72. The summed E-state index contributed by atoms with van der Waals surface area (Å²) in [4.78, 5) is 0. The number of rotatable bonds is 4. The number of hydrogen-bond acceptors (Lipinski definition) is 1. The van der Waals surface area contributed by atoms with Crippen LogP contribution in [0.3, 0.4) is 0 Å². The second kappa shape index (κ2) is 5.01. The van der Waals surface area contributed by atoms with Crippen molar-refractivity contribution in [3.8, 4) is 0 Å². The van der Waals surface area contributed by atoms with E-state index in [1.54, 1.807) is 11.1 Å². The summed E-state index contributed by atoms with van der Waals surface area (Å²) < 4.78 is 0. The van der Waals surface area contributed by atoms with Crippen LogP contribution in [0, 0.1) is 11.8 Å². The maximum Gasteiger partial charge on any atom is -0.00432 e. The summed E-state index contributed by atoms with van der Waals surface area (Å²) in [5.41, 5.74) is 10.5. The van der Waals surface area contributed by atoms with Gasteiger partial charge in [-0.1, -0.05) is 32.0 Å². The average molecular weight is 217 g/mol. The number of fused-ring (bicyclic) bond motifs is 1. The van der Waals surface area contributed by atoms with E-state index < -0.39 is 0 Å². The molecule has 1 aromatic rings. The molecular weight excluding hydrogens is 194 g/mol. The van der Waals surface area contributed by atoms with Crippen LogP contribution >= 0.6 is 0 Å². The first-order valence-electron chi connectivity index (χ1n) is 6.51. The Balaban J connectivity index is 2.10. The van der Waals surface area contributed by atoms with Gasteiger partial charge in [0.25, 0.3) is 0 Å². The van der Waals surface area contributed by atoms with Crippen molar-refractivity contribution >= 4 is 0 Å². The number of benzene rings is 1. The second-order valence-corrected chi connectivity index (χ2v) is 5.40. The van der Waals surface area contributed by atoms with Crippen LogP contribution in [0.4, 0.5) is 0 Å². The zero-order chi connectivity index (χ0) is 11.5. The minimum Gasteiger partial charge on any atom is -0.330 e. The number of nitrogens with two attached hydrogens (primary N) is 1. The predicted octanol–water partition coefficient (Wildman–Crippen LogP) is 2.95. The van der Waals surface area contributed by atoms with Gasteiger partial charge in [-0.25, -0.2) is 0 Å². The molecule has 1 heteroatoms. The first kappa shape index (κ1) is 11.7. The zero-order valence-electron chi connectivity index (χ0n) is 10.5. The van der Waals surface area contributed by atoms with E-state index in [9.17, 15) is 0 Å². The maximum absolute atomic E-state index is 5.83. The van der Waals surface area contributed by atoms with E-state index in [4.69, 9.17) is 5.73 Å². The van der Waals surface area contributed by atoms with Crippen LogP contribution in [0.25, 0.3) is 0 Å². The van der Waals surface area contributed by atoms with E-state index in [0.29, 0.717) is 11.8 Å². The SMILES string of the molecule is CC(C)C(CN)Cc1ccc2c(c1)CCC2. The molecule has 1 aromatic carbocycles. The van der Waals surface area contributed by atoms with E-state index in [-0.39, 0.29) is 0 Å². The molecule has 2 N–H and O–H groups in total. The van der Waals surface area contributed by atoms with Crippen molar-refractivity contribution in [1.82, 2.24) is 0 Å². The van der Waals surface area contributed by atoms with Crippen molar-refractivity contribution in [3.63, 3.8) is 0 Å². The summed E-state index contributed by atoms with van der Waals surface area (Å²) in [7, 11) is 0. The molecule has 0 saturated carbocycles. The molecule has 1 aliphatic carbocycles. The topological polar surface area (TPSA) is 26.0 Å². The fourth-order valence-electron chi connectivity index (χ4n) is 2.65. The van der Waals surface area contributed by atoms with Gasteiger partial charge >= 0.3 is 0 Å². The lowest BCUT2D eigenvalue weighted by atomic mass is 9.88. The number of hydrogen-bond donors (Lipinski definition) is 1. The number of aryl methyl sites for hydroxylation is 2. The minimum atomic E-state index is 0.624. The van der Waals surface area contributed by atoms with Gasteiger partial charge in [0.15, 0.2) is 0 Å². The molecule has 0 aliphatic heterocycles. The highest BCUT2D eigenvalue weighted by Crippen LogP contribution is 2.25. The summed E-state index contributed by atoms with van der Waals surface area (Å²) in [6, 6.07) is 7.04. The molecule has 0 heterocycles. The first-order chi connectivity index (χ1) is 7.70. The summed E-state index contributed by atoms with van der Waals surface area (Å²) in [5, 5.41) is 0. The van der Waals surface area contributed by atoms with Gasteiger partial charge in [0, 0.05) is 0 Å². The largest absolute Gasteiger partial charge is 0.330 e. The predicted molar refractivity (Wildman–Crippen MR) is 69.6 cm³/mol. The lowest BCUT2D eigenvalue weighted by Crippen LogP contribution is -2.22. The molecule has 1 atom stereocenters. The molecule has 1 unspecified atom stereocenters. The fourth-order valence-corrected chi connectivity index (χ4v) is 2.65. The van der Waals surface area contributed by atoms with Gasteiger partial charge in [0.1, 0.15) is 0 Å². The van der Waals surface area contributed by atoms with E-state index in [0.717, 1.165) is 13.0 Å². The van der Waals surface area contributed by atoms with Crippen LogP contribution in [0.5, 0.6) is 0 Å². The summed E-state index contributed by atoms with van der Waals surface area (Å²) >= 11 is 0. The molecule has 88 valence electrons. The molecule has 0 fully saturated rings. The van der Waals surface area contributed by atoms with Crippen molar-refractivity contribution in [3.05, 3.63) is 34.9 Å². The Bertz CT molecular complexity index is 354. The van der Waals surface area contributed by atoms with Gasteiger partial charge in [0.05, 0.1) is 0 Å². The molecule has 1 nitrogen and oxygen atoms in total. The third-order valence-electron chi connectivity index (χ3n) is 3.91. The summed E-state index contributed by atoms with van der Waals surface area (Å²) in [5.74, 6) is 1.30. The Kier molecular flexibility index (Phi) is 3.65. The van der Waals surface area contributed by atoms with Gasteiger partial charge in [-0.05, 0) is 60.8 Å². The Labute approximate surface area is 99.0 Å². The molecule has 0 aromatic heterocycles. The molecule has 0 saturated heterocycles. The Hall–Kier alpha value is -0.820. The third-order valence-corrected chi connectivity index (χ3v) is 3.91. The summed E-state index contributed by atoms with van der Waals surface area (Å²) in [6.07, 6.45) is 5.03. The van der Waals surface area contributed by atoms with Gasteiger partial charge in [0.2, 0.25) is 0 Å². The van der Waals surface area contributed by atoms with Crippen molar-refractivity contribution in [1.29, 1.82) is 0 Å². The molecule has 2 rings (SSSR count). The summed E-state index contributed by atoms with van der Waals surface area (Å²) in [6.45, 7) is 5.34. The molecular formula is C15H23N. The van der Waals surface area contributed by atoms with Gasteiger partial charge in [-0.2, -0.15) is 0 Å². The minimum absolute atomic E-state index is 0.624. The van der Waals surface area contributed by atoms with E-state index in [2.05, 4.69) is 32.0 Å². The highest BCUT2D eigenvalue weighted by atomic mass is 14.5. The van der Waals surface area contributed by atoms with Crippen LogP contribution in [0.1, 0.15) is 37.0 Å². The van der Waals surface area contributed by atoms with Crippen LogP contribution in [0.15, 0.2) is 18.2 Å². The van der Waals surface area contributed by atoms with Crippen LogP contribution < -0.4 is 5.73 Å². The Morgan fingerprint density at radius 2 is 1.94 bits per heavy atom. The van der Waals surface area contributed by atoms with Gasteiger partial charge in [-0.3, -0.25) is 0 Å². The highest BCUT2D eigenvalue weighted by Gasteiger charge is 2.15. The molecule has 0 radical (unpaired) electrons. The van der Waals surface area contributed by atoms with E-state index >= 15 is 0 Å². The van der Waals surface area contributed by atoms with Crippen LogP contribution in [-0.4, -0.2) is 6.54 Å². The van der Waals surface area contributed by atoms with Crippen molar-refractivity contribution < 1.29 is 0 Å². The van der Waals surface area contributed by atoms with Crippen molar-refractivity contribution in [2.24, 2.45) is 17.6 Å². The lowest BCUT2D eigenvalue weighted by molar-refractivity contribution is 0.392. The van der Waals surface area contributed by atoms with E-state index in [1.165, 1.54) is 24.8 Å². The smallest absolute Gasteiger partial charge is 0.00432 e. The Morgan fingerprint density at radius 1 is 1.19 bits per heavy atom. The molecule has 16 heavy (non-hydrogen) atoms.